The van der Waals surface area contributed by atoms with Gasteiger partial charge in [0.1, 0.15) is 12.2 Å². The lowest BCUT2D eigenvalue weighted by molar-refractivity contribution is 0.0703. The molecule has 1 atom stereocenters. The van der Waals surface area contributed by atoms with Crippen molar-refractivity contribution in [3.63, 3.8) is 0 Å². The van der Waals surface area contributed by atoms with Gasteiger partial charge in [-0.3, -0.25) is 9.78 Å². The van der Waals surface area contributed by atoms with E-state index in [2.05, 4.69) is 15.2 Å². The van der Waals surface area contributed by atoms with Crippen LogP contribution in [0, 0.1) is 0 Å². The number of hydrogen-bond acceptors (Lipinski definition) is 4. The number of carbonyl (C=O) groups is 1. The lowest BCUT2D eigenvalue weighted by Gasteiger charge is -2.32. The van der Waals surface area contributed by atoms with Gasteiger partial charge in [0.15, 0.2) is 0 Å². The van der Waals surface area contributed by atoms with E-state index < -0.39 is 0 Å². The highest BCUT2D eigenvalue weighted by Gasteiger charge is 2.28. The molecule has 4 rings (SSSR count). The molecule has 3 aromatic rings. The van der Waals surface area contributed by atoms with Crippen LogP contribution in [0.25, 0.3) is 10.9 Å². The molecule has 0 bridgehead atoms. The number of likely N-dealkylation sites (tertiary alicyclic amines) is 1. The van der Waals surface area contributed by atoms with Gasteiger partial charge in [0, 0.05) is 43.2 Å². The van der Waals surface area contributed by atoms with Crippen molar-refractivity contribution in [3.8, 4) is 0 Å². The molecule has 1 aliphatic rings. The molecule has 3 heterocycles. The predicted octanol–water partition coefficient (Wildman–Crippen LogP) is 2.38. The van der Waals surface area contributed by atoms with E-state index in [1.165, 1.54) is 0 Å². The summed E-state index contributed by atoms with van der Waals surface area (Å²) in [4.78, 5) is 19.1. The third-order valence-corrected chi connectivity index (χ3v) is 4.67. The fourth-order valence-corrected chi connectivity index (χ4v) is 3.43. The number of fused-ring (bicyclic) bond motifs is 1. The quantitative estimate of drug-likeness (QED) is 0.727. The molecule has 2 aromatic heterocycles. The van der Waals surface area contributed by atoms with Gasteiger partial charge < -0.3 is 9.47 Å². The van der Waals surface area contributed by atoms with Crippen LogP contribution in [-0.2, 0) is 7.05 Å². The standard InChI is InChI=1S/C18H19N5O/c1-22-12-20-21-17(22)15-5-3-9-23(11-15)18(24)14-6-7-16-13(10-14)4-2-8-19-16/h2,4,6-8,10,12,15H,3,5,9,11H2,1H3. The third-order valence-electron chi connectivity index (χ3n) is 4.67. The molecule has 0 aliphatic carbocycles. The van der Waals surface area contributed by atoms with E-state index in [1.807, 2.05) is 46.8 Å². The van der Waals surface area contributed by atoms with Gasteiger partial charge in [0.25, 0.3) is 5.91 Å². The highest BCUT2D eigenvalue weighted by molar-refractivity contribution is 5.98. The maximum Gasteiger partial charge on any atom is 0.253 e. The summed E-state index contributed by atoms with van der Waals surface area (Å²) in [7, 11) is 1.95. The van der Waals surface area contributed by atoms with E-state index in [0.29, 0.717) is 12.1 Å². The largest absolute Gasteiger partial charge is 0.338 e. The summed E-state index contributed by atoms with van der Waals surface area (Å²) in [5.74, 6) is 1.28. The number of amides is 1. The molecule has 1 unspecified atom stereocenters. The fraction of sp³-hybridized carbons (Fsp3) is 0.333. The summed E-state index contributed by atoms with van der Waals surface area (Å²) in [5, 5.41) is 9.17. The van der Waals surface area contributed by atoms with Crippen LogP contribution in [0.15, 0.2) is 42.9 Å². The molecule has 1 fully saturated rings. The van der Waals surface area contributed by atoms with Gasteiger partial charge in [0.05, 0.1) is 5.52 Å². The van der Waals surface area contributed by atoms with Crippen LogP contribution >= 0.6 is 0 Å². The van der Waals surface area contributed by atoms with Crippen molar-refractivity contribution >= 4 is 16.8 Å². The number of aromatic nitrogens is 4. The van der Waals surface area contributed by atoms with E-state index in [1.54, 1.807) is 12.5 Å². The molecule has 122 valence electrons. The lowest BCUT2D eigenvalue weighted by atomic mass is 9.96. The Balaban J connectivity index is 1.57. The molecule has 24 heavy (non-hydrogen) atoms. The highest BCUT2D eigenvalue weighted by atomic mass is 16.2. The first-order valence-electron chi connectivity index (χ1n) is 8.20. The average molecular weight is 321 g/mol. The molecule has 6 nitrogen and oxygen atoms in total. The Kier molecular flexibility index (Phi) is 3.72. The van der Waals surface area contributed by atoms with E-state index in [4.69, 9.17) is 0 Å². The second kappa shape index (κ2) is 6.03. The molecule has 6 heteroatoms. The first-order valence-corrected chi connectivity index (χ1v) is 8.20. The number of rotatable bonds is 2. The van der Waals surface area contributed by atoms with Crippen LogP contribution in [-0.4, -0.2) is 43.6 Å². The summed E-state index contributed by atoms with van der Waals surface area (Å²) in [6, 6.07) is 9.58. The van der Waals surface area contributed by atoms with Crippen LogP contribution in [0.1, 0.15) is 34.9 Å². The molecule has 1 aliphatic heterocycles. The van der Waals surface area contributed by atoms with Crippen molar-refractivity contribution < 1.29 is 4.79 Å². The monoisotopic (exact) mass is 321 g/mol. The van der Waals surface area contributed by atoms with Crippen molar-refractivity contribution in [3.05, 3.63) is 54.2 Å². The van der Waals surface area contributed by atoms with Crippen LogP contribution in [0.2, 0.25) is 0 Å². The second-order valence-electron chi connectivity index (χ2n) is 6.30. The zero-order valence-corrected chi connectivity index (χ0v) is 13.6. The fourth-order valence-electron chi connectivity index (χ4n) is 3.43. The Labute approximate surface area is 140 Å². The van der Waals surface area contributed by atoms with Crippen LogP contribution in [0.4, 0.5) is 0 Å². The van der Waals surface area contributed by atoms with E-state index in [0.717, 1.165) is 36.1 Å². The Morgan fingerprint density at radius 2 is 2.21 bits per heavy atom. The van der Waals surface area contributed by atoms with Crippen molar-refractivity contribution in [2.45, 2.75) is 18.8 Å². The first-order chi connectivity index (χ1) is 11.7. The highest BCUT2D eigenvalue weighted by Crippen LogP contribution is 2.26. The minimum atomic E-state index is 0.0765. The molecule has 1 aromatic carbocycles. The van der Waals surface area contributed by atoms with E-state index >= 15 is 0 Å². The lowest BCUT2D eigenvalue weighted by Crippen LogP contribution is -2.39. The smallest absolute Gasteiger partial charge is 0.253 e. The summed E-state index contributed by atoms with van der Waals surface area (Å²) in [5.41, 5.74) is 1.62. The summed E-state index contributed by atoms with van der Waals surface area (Å²) < 4.78 is 1.94. The maximum atomic E-state index is 12.9. The summed E-state index contributed by atoms with van der Waals surface area (Å²) in [6.07, 6.45) is 5.50. The minimum absolute atomic E-state index is 0.0765. The number of hydrogen-bond donors (Lipinski definition) is 0. The van der Waals surface area contributed by atoms with E-state index in [9.17, 15) is 4.79 Å². The predicted molar refractivity (Wildman–Crippen MR) is 90.6 cm³/mol. The van der Waals surface area contributed by atoms with Gasteiger partial charge in [0.2, 0.25) is 0 Å². The molecule has 1 saturated heterocycles. The minimum Gasteiger partial charge on any atom is -0.338 e. The Hall–Kier alpha value is -2.76. The number of carbonyl (C=O) groups excluding carboxylic acids is 1. The van der Waals surface area contributed by atoms with Gasteiger partial charge in [-0.1, -0.05) is 6.07 Å². The average Bonchev–Trinajstić information content (AvgIpc) is 3.07. The Morgan fingerprint density at radius 3 is 3.04 bits per heavy atom. The van der Waals surface area contributed by atoms with Crippen molar-refractivity contribution in [1.29, 1.82) is 0 Å². The molecule has 0 saturated carbocycles. The number of piperidine rings is 1. The van der Waals surface area contributed by atoms with Gasteiger partial charge >= 0.3 is 0 Å². The number of nitrogens with zero attached hydrogens (tertiary/aromatic N) is 5. The van der Waals surface area contributed by atoms with Crippen molar-refractivity contribution in [2.75, 3.05) is 13.1 Å². The summed E-state index contributed by atoms with van der Waals surface area (Å²) in [6.45, 7) is 1.48. The van der Waals surface area contributed by atoms with Crippen LogP contribution < -0.4 is 0 Å². The maximum absolute atomic E-state index is 12.9. The number of benzene rings is 1. The SMILES string of the molecule is Cn1cnnc1C1CCCN(C(=O)c2ccc3ncccc3c2)C1. The van der Waals surface area contributed by atoms with Crippen LogP contribution in [0.3, 0.4) is 0 Å². The molecular formula is C18H19N5O. The van der Waals surface area contributed by atoms with Crippen molar-refractivity contribution in [2.24, 2.45) is 7.05 Å². The molecule has 0 radical (unpaired) electrons. The summed E-state index contributed by atoms with van der Waals surface area (Å²) >= 11 is 0. The number of pyridine rings is 1. The normalized spacial score (nSPS) is 18.0. The third kappa shape index (κ3) is 2.64. The number of aryl methyl sites for hydroxylation is 1. The zero-order valence-electron chi connectivity index (χ0n) is 13.6. The Morgan fingerprint density at radius 1 is 1.29 bits per heavy atom. The van der Waals surface area contributed by atoms with Gasteiger partial charge in [-0.2, -0.15) is 0 Å². The van der Waals surface area contributed by atoms with Crippen molar-refractivity contribution in [1.82, 2.24) is 24.6 Å². The molecule has 0 spiro atoms. The molecule has 1 amide bonds. The molecule has 0 N–H and O–H groups in total. The van der Waals surface area contributed by atoms with Crippen LogP contribution in [0.5, 0.6) is 0 Å². The van der Waals surface area contributed by atoms with Gasteiger partial charge in [-0.25, -0.2) is 0 Å². The van der Waals surface area contributed by atoms with Gasteiger partial charge in [-0.15, -0.1) is 10.2 Å². The molecular weight excluding hydrogens is 302 g/mol. The topological polar surface area (TPSA) is 63.9 Å². The Bertz CT molecular complexity index is 888. The van der Waals surface area contributed by atoms with E-state index in [-0.39, 0.29) is 11.8 Å². The van der Waals surface area contributed by atoms with Gasteiger partial charge in [-0.05, 0) is 37.1 Å². The zero-order chi connectivity index (χ0) is 16.5. The second-order valence-corrected chi connectivity index (χ2v) is 6.30. The first kappa shape index (κ1) is 14.8.